The first-order valence-electron chi connectivity index (χ1n) is 11.5. The molecule has 4 N–H and O–H groups in total. The van der Waals surface area contributed by atoms with E-state index in [4.69, 9.17) is 14.2 Å². The number of ether oxygens (including phenoxy) is 3. The maximum absolute atomic E-state index is 12.5. The summed E-state index contributed by atoms with van der Waals surface area (Å²) in [7, 11) is 0. The molecule has 0 unspecified atom stereocenters. The number of rotatable bonds is 10. The van der Waals surface area contributed by atoms with E-state index in [9.17, 15) is 9.59 Å². The van der Waals surface area contributed by atoms with Gasteiger partial charge >= 0.3 is 11.9 Å². The van der Waals surface area contributed by atoms with Crippen molar-refractivity contribution in [2.75, 3.05) is 6.61 Å². The minimum Gasteiger partial charge on any atom is -0.463 e. The van der Waals surface area contributed by atoms with Gasteiger partial charge in [-0.3, -0.25) is 9.59 Å². The fourth-order valence-corrected chi connectivity index (χ4v) is 4.25. The minimum absolute atomic E-state index is 0. The topological polar surface area (TPSA) is 125 Å². The van der Waals surface area contributed by atoms with Crippen molar-refractivity contribution in [3.8, 4) is 0 Å². The van der Waals surface area contributed by atoms with Gasteiger partial charge in [-0.05, 0) is 71.6 Å². The minimum atomic E-state index is -0.104. The van der Waals surface area contributed by atoms with E-state index in [-0.39, 0.29) is 46.9 Å². The molecule has 2 rings (SSSR count). The third-order valence-corrected chi connectivity index (χ3v) is 6.00. The van der Waals surface area contributed by atoms with Gasteiger partial charge in [0.1, 0.15) is 6.10 Å². The molecule has 0 aromatic carbocycles. The SMILES string of the molecule is CCCCCCOC1CCC(C(=O)OC2CCC(C(=O)OC(C)C)CC2)CC1.O.O. The molecule has 7 nitrogen and oxygen atoms in total. The summed E-state index contributed by atoms with van der Waals surface area (Å²) in [5.41, 5.74) is 0. The predicted octanol–water partition coefficient (Wildman–Crippen LogP) is 3.55. The average Bonchev–Trinajstić information content (AvgIpc) is 2.68. The summed E-state index contributed by atoms with van der Waals surface area (Å²) in [6, 6.07) is 0. The molecule has 0 bridgehead atoms. The van der Waals surface area contributed by atoms with Crippen LogP contribution in [0.3, 0.4) is 0 Å². The highest BCUT2D eigenvalue weighted by atomic mass is 16.5. The lowest BCUT2D eigenvalue weighted by Gasteiger charge is -2.31. The Kier molecular flexibility index (Phi) is 15.0. The van der Waals surface area contributed by atoms with E-state index < -0.39 is 0 Å². The number of hydrogen-bond acceptors (Lipinski definition) is 5. The van der Waals surface area contributed by atoms with Gasteiger partial charge in [0.2, 0.25) is 0 Å². The van der Waals surface area contributed by atoms with Crippen LogP contribution in [0.1, 0.15) is 97.8 Å². The van der Waals surface area contributed by atoms with E-state index in [1.165, 1.54) is 19.3 Å². The van der Waals surface area contributed by atoms with Crippen LogP contribution < -0.4 is 0 Å². The number of unbranched alkanes of at least 4 members (excludes halogenated alkanes) is 3. The molecule has 0 aliphatic heterocycles. The van der Waals surface area contributed by atoms with Crippen molar-refractivity contribution in [2.24, 2.45) is 11.8 Å². The molecule has 30 heavy (non-hydrogen) atoms. The lowest BCUT2D eigenvalue weighted by Crippen LogP contribution is -2.33. The Bertz CT molecular complexity index is 464. The van der Waals surface area contributed by atoms with E-state index in [1.807, 2.05) is 13.8 Å². The number of carbonyl (C=O) groups excluding carboxylic acids is 2. The zero-order valence-corrected chi connectivity index (χ0v) is 19.1. The van der Waals surface area contributed by atoms with Gasteiger partial charge in [-0.1, -0.05) is 26.2 Å². The molecular formula is C23H44O7. The highest BCUT2D eigenvalue weighted by molar-refractivity contribution is 5.73. The first kappa shape index (κ1) is 28.8. The van der Waals surface area contributed by atoms with Crippen LogP contribution in [-0.2, 0) is 23.8 Å². The quantitative estimate of drug-likeness (QED) is 0.385. The molecule has 0 saturated heterocycles. The molecule has 7 heteroatoms. The zero-order chi connectivity index (χ0) is 20.4. The molecule has 2 aliphatic carbocycles. The number of esters is 2. The largest absolute Gasteiger partial charge is 0.463 e. The Labute approximate surface area is 181 Å². The highest BCUT2D eigenvalue weighted by Crippen LogP contribution is 2.31. The van der Waals surface area contributed by atoms with Gasteiger partial charge in [-0.2, -0.15) is 0 Å². The Morgan fingerprint density at radius 3 is 1.83 bits per heavy atom. The Morgan fingerprint density at radius 2 is 1.30 bits per heavy atom. The highest BCUT2D eigenvalue weighted by Gasteiger charge is 2.33. The summed E-state index contributed by atoms with van der Waals surface area (Å²) in [6.45, 7) is 6.81. The molecule has 0 radical (unpaired) electrons. The summed E-state index contributed by atoms with van der Waals surface area (Å²) in [4.78, 5) is 24.5. The second-order valence-electron chi connectivity index (χ2n) is 8.80. The van der Waals surface area contributed by atoms with E-state index >= 15 is 0 Å². The fraction of sp³-hybridized carbons (Fsp3) is 0.913. The average molecular weight is 433 g/mol. The maximum atomic E-state index is 12.5. The van der Waals surface area contributed by atoms with Crippen LogP contribution in [0.15, 0.2) is 0 Å². The maximum Gasteiger partial charge on any atom is 0.309 e. The van der Waals surface area contributed by atoms with Crippen LogP contribution in [0.2, 0.25) is 0 Å². The Hall–Kier alpha value is -1.18. The van der Waals surface area contributed by atoms with Crippen molar-refractivity contribution >= 4 is 11.9 Å². The first-order valence-corrected chi connectivity index (χ1v) is 11.5. The van der Waals surface area contributed by atoms with E-state index in [0.717, 1.165) is 64.4 Å². The van der Waals surface area contributed by atoms with Gasteiger partial charge in [0.15, 0.2) is 0 Å². The van der Waals surface area contributed by atoms with Crippen molar-refractivity contribution in [3.05, 3.63) is 0 Å². The van der Waals surface area contributed by atoms with Gasteiger partial charge < -0.3 is 25.2 Å². The molecule has 0 aromatic heterocycles. The molecule has 0 amide bonds. The Morgan fingerprint density at radius 1 is 0.767 bits per heavy atom. The lowest BCUT2D eigenvalue weighted by atomic mass is 9.86. The third kappa shape index (κ3) is 10.2. The molecule has 2 aliphatic rings. The number of carbonyl (C=O) groups is 2. The summed E-state index contributed by atoms with van der Waals surface area (Å²) < 4.78 is 17.0. The smallest absolute Gasteiger partial charge is 0.309 e. The van der Waals surface area contributed by atoms with Gasteiger partial charge in [-0.25, -0.2) is 0 Å². The summed E-state index contributed by atoms with van der Waals surface area (Å²) in [6.07, 6.45) is 11.8. The summed E-state index contributed by atoms with van der Waals surface area (Å²) >= 11 is 0. The van der Waals surface area contributed by atoms with Crippen LogP contribution in [0.4, 0.5) is 0 Å². The third-order valence-electron chi connectivity index (χ3n) is 6.00. The van der Waals surface area contributed by atoms with Crippen molar-refractivity contribution < 1.29 is 34.8 Å². The molecule has 2 saturated carbocycles. The molecule has 2 fully saturated rings. The standard InChI is InChI=1S/C23H40O5.2H2O/c1-4-5-6-7-16-26-20-12-8-19(9-13-20)23(25)28-21-14-10-18(11-15-21)22(24)27-17(2)3;;/h17-21H,4-16H2,1-3H3;2*1H2. The zero-order valence-electron chi connectivity index (χ0n) is 19.1. The van der Waals surface area contributed by atoms with Crippen molar-refractivity contribution in [3.63, 3.8) is 0 Å². The lowest BCUT2D eigenvalue weighted by molar-refractivity contribution is -0.160. The molecule has 0 aromatic rings. The van der Waals surface area contributed by atoms with Crippen LogP contribution in [0.25, 0.3) is 0 Å². The second-order valence-corrected chi connectivity index (χ2v) is 8.80. The van der Waals surface area contributed by atoms with Crippen LogP contribution in [0, 0.1) is 11.8 Å². The van der Waals surface area contributed by atoms with E-state index in [0.29, 0.717) is 6.10 Å². The van der Waals surface area contributed by atoms with Gasteiger partial charge in [0, 0.05) is 6.61 Å². The Balaban J connectivity index is 0.00000420. The van der Waals surface area contributed by atoms with E-state index in [1.54, 1.807) is 0 Å². The van der Waals surface area contributed by atoms with Crippen LogP contribution >= 0.6 is 0 Å². The molecule has 0 spiro atoms. The normalized spacial score (nSPS) is 26.3. The van der Waals surface area contributed by atoms with Gasteiger partial charge in [0.05, 0.1) is 24.0 Å². The van der Waals surface area contributed by atoms with Gasteiger partial charge in [0.25, 0.3) is 0 Å². The van der Waals surface area contributed by atoms with E-state index in [2.05, 4.69) is 6.92 Å². The second kappa shape index (κ2) is 15.6. The van der Waals surface area contributed by atoms with Crippen LogP contribution in [0.5, 0.6) is 0 Å². The summed E-state index contributed by atoms with van der Waals surface area (Å²) in [5, 5.41) is 0. The van der Waals surface area contributed by atoms with Crippen molar-refractivity contribution in [2.45, 2.75) is 116 Å². The first-order chi connectivity index (χ1) is 13.5. The number of hydrogen-bond donors (Lipinski definition) is 0. The van der Waals surface area contributed by atoms with Crippen molar-refractivity contribution in [1.29, 1.82) is 0 Å². The summed E-state index contributed by atoms with van der Waals surface area (Å²) in [5.74, 6) is -0.173. The molecule has 0 heterocycles. The van der Waals surface area contributed by atoms with Crippen LogP contribution in [-0.4, -0.2) is 47.8 Å². The monoisotopic (exact) mass is 432 g/mol. The van der Waals surface area contributed by atoms with Crippen molar-refractivity contribution in [1.82, 2.24) is 0 Å². The van der Waals surface area contributed by atoms with Gasteiger partial charge in [-0.15, -0.1) is 0 Å². The molecule has 0 atom stereocenters. The molecule has 178 valence electrons. The predicted molar refractivity (Wildman–Crippen MR) is 116 cm³/mol. The fourth-order valence-electron chi connectivity index (χ4n) is 4.25. The molecular weight excluding hydrogens is 388 g/mol.